The first-order valence-corrected chi connectivity index (χ1v) is 24.2. The summed E-state index contributed by atoms with van der Waals surface area (Å²) >= 11 is 3.54. The summed E-state index contributed by atoms with van der Waals surface area (Å²) in [4.78, 5) is 12.3. The third-order valence-electron chi connectivity index (χ3n) is 10.3. The molecule has 46 heavy (non-hydrogen) atoms. The average Bonchev–Trinajstić information content (AvgIpc) is 3.23. The molecule has 1 saturated carbocycles. The molecule has 262 valence electrons. The van der Waals surface area contributed by atoms with Gasteiger partial charge >= 0.3 is 5.97 Å². The van der Waals surface area contributed by atoms with Gasteiger partial charge in [-0.3, -0.25) is 4.79 Å². The summed E-state index contributed by atoms with van der Waals surface area (Å²) < 4.78 is 25.6. The summed E-state index contributed by atoms with van der Waals surface area (Å²) in [5.74, 6) is 0.0491. The molecule has 2 rings (SSSR count). The van der Waals surface area contributed by atoms with Crippen molar-refractivity contribution in [3.8, 4) is 0 Å². The molecule has 1 fully saturated rings. The number of unbranched alkanes of at least 4 members (excludes halogenated alkanes) is 1. The molecule has 1 aliphatic rings. The molecule has 0 radical (unpaired) electrons. The summed E-state index contributed by atoms with van der Waals surface area (Å²) in [6.45, 7) is 25.2. The highest BCUT2D eigenvalue weighted by Crippen LogP contribution is 2.45. The van der Waals surface area contributed by atoms with Crippen LogP contribution in [-0.4, -0.2) is 53.4 Å². The zero-order valence-electron chi connectivity index (χ0n) is 31.1. The molecule has 1 aromatic carbocycles. The topological polar surface area (TPSA) is 54.0 Å². The number of rotatable bonds is 17. The van der Waals surface area contributed by atoms with Gasteiger partial charge in [-0.2, -0.15) is 0 Å². The van der Waals surface area contributed by atoms with Crippen molar-refractivity contribution in [2.45, 2.75) is 148 Å². The average molecular weight is 738 g/mol. The van der Waals surface area contributed by atoms with Crippen LogP contribution in [0, 0.1) is 11.8 Å². The fraction of sp³-hybridized carbons (Fsp3) is 0.711. The lowest BCUT2D eigenvalue weighted by Gasteiger charge is -2.40. The van der Waals surface area contributed by atoms with Gasteiger partial charge in [-0.1, -0.05) is 106 Å². The molecule has 0 aromatic heterocycles. The van der Waals surface area contributed by atoms with E-state index in [9.17, 15) is 4.79 Å². The molecule has 1 aliphatic carbocycles. The van der Waals surface area contributed by atoms with E-state index in [-0.39, 0.29) is 46.2 Å². The van der Waals surface area contributed by atoms with Crippen LogP contribution in [0.25, 0.3) is 0 Å². The summed E-state index contributed by atoms with van der Waals surface area (Å²) in [6.07, 6.45) is 14.6. The third-order valence-corrected chi connectivity index (χ3v) is 19.9. The summed E-state index contributed by atoms with van der Waals surface area (Å²) in [6, 6.07) is 8.69. The minimum atomic E-state index is -2.08. The van der Waals surface area contributed by atoms with Gasteiger partial charge in [0.2, 0.25) is 0 Å². The van der Waals surface area contributed by atoms with Gasteiger partial charge in [-0.25, -0.2) is 0 Å². The lowest BCUT2D eigenvalue weighted by atomic mass is 9.89. The van der Waals surface area contributed by atoms with Gasteiger partial charge in [0.1, 0.15) is 6.10 Å². The first-order chi connectivity index (χ1) is 21.3. The number of hydrogen-bond donors (Lipinski definition) is 0. The van der Waals surface area contributed by atoms with Crippen molar-refractivity contribution in [2.75, 3.05) is 12.4 Å². The molecular weight excluding hydrogens is 672 g/mol. The predicted molar refractivity (Wildman–Crippen MR) is 203 cm³/mol. The second kappa shape index (κ2) is 18.1. The maximum atomic E-state index is 12.3. The van der Waals surface area contributed by atoms with Gasteiger partial charge < -0.3 is 18.3 Å². The zero-order chi connectivity index (χ0) is 34.8. The Hall–Kier alpha value is -1.04. The van der Waals surface area contributed by atoms with Crippen molar-refractivity contribution in [1.29, 1.82) is 0 Å². The highest BCUT2D eigenvalue weighted by atomic mass is 79.9. The number of esters is 1. The van der Waals surface area contributed by atoms with Crippen molar-refractivity contribution in [1.82, 2.24) is 0 Å². The van der Waals surface area contributed by atoms with Crippen LogP contribution < -0.4 is 0 Å². The Kier molecular flexibility index (Phi) is 16.2. The molecule has 0 spiro atoms. The monoisotopic (exact) mass is 736 g/mol. The number of alkyl halides is 1. The highest BCUT2D eigenvalue weighted by Gasteiger charge is 2.48. The molecule has 5 nitrogen and oxygen atoms in total. The van der Waals surface area contributed by atoms with Crippen LogP contribution in [0.3, 0.4) is 0 Å². The molecular formula is C38H65BrO5Si2. The van der Waals surface area contributed by atoms with Crippen LogP contribution in [0.4, 0.5) is 0 Å². The normalized spacial score (nSPS) is 22.2. The number of carbonyl (C=O) groups is 1. The quantitative estimate of drug-likeness (QED) is 0.0524. The van der Waals surface area contributed by atoms with Gasteiger partial charge in [0, 0.05) is 37.6 Å². The third kappa shape index (κ3) is 12.8. The van der Waals surface area contributed by atoms with Gasteiger partial charge in [-0.05, 0) is 79.5 Å². The minimum absolute atomic E-state index is 0.0123. The van der Waals surface area contributed by atoms with Gasteiger partial charge in [0.25, 0.3) is 0 Å². The van der Waals surface area contributed by atoms with Crippen LogP contribution in [-0.2, 0) is 36.1 Å². The molecule has 0 aliphatic heterocycles. The second-order valence-corrected chi connectivity index (χ2v) is 26.5. The second-order valence-electron chi connectivity index (χ2n) is 16.2. The standard InChI is InChI=1S/C38H65BrO5Si2/c1-29(40)42-35-27-36(44-46(11,12)38(5,6)7)34(33(35)20-15-13-14-16-25-39)24-23-32(43-45(9,10)37(2,3)4)22-21-30-18-17-19-31(26-30)28-41-8/h13,15,17-19,23-24,26,32-36H,14,16,20-22,25,27-28H2,1-12H3/t32-,33+,34?,35-,36+/m0/s1. The molecule has 0 N–H and O–H groups in total. The van der Waals surface area contributed by atoms with Crippen molar-refractivity contribution < 1.29 is 23.1 Å². The molecule has 0 heterocycles. The minimum Gasteiger partial charge on any atom is -0.462 e. The van der Waals surface area contributed by atoms with E-state index in [0.29, 0.717) is 6.61 Å². The number of benzene rings is 1. The van der Waals surface area contributed by atoms with Crippen molar-refractivity contribution in [3.05, 3.63) is 59.7 Å². The number of allylic oxidation sites excluding steroid dienone is 2. The highest BCUT2D eigenvalue weighted by molar-refractivity contribution is 9.09. The summed E-state index contributed by atoms with van der Waals surface area (Å²) in [5.41, 5.74) is 2.49. The fourth-order valence-corrected chi connectivity index (χ4v) is 8.60. The Bertz CT molecular complexity index is 1130. The van der Waals surface area contributed by atoms with E-state index in [0.717, 1.165) is 43.9 Å². The lowest BCUT2D eigenvalue weighted by Crippen LogP contribution is -2.45. The Morgan fingerprint density at radius 2 is 1.65 bits per heavy atom. The largest absolute Gasteiger partial charge is 0.462 e. The van der Waals surface area contributed by atoms with E-state index in [4.69, 9.17) is 18.3 Å². The van der Waals surface area contributed by atoms with Crippen LogP contribution in [0.1, 0.15) is 91.7 Å². The van der Waals surface area contributed by atoms with E-state index >= 15 is 0 Å². The Morgan fingerprint density at radius 1 is 1.00 bits per heavy atom. The number of halogens is 1. The van der Waals surface area contributed by atoms with Gasteiger partial charge in [0.05, 0.1) is 18.8 Å². The number of aryl methyl sites for hydroxylation is 1. The van der Waals surface area contributed by atoms with Crippen molar-refractivity contribution in [2.24, 2.45) is 11.8 Å². The summed E-state index contributed by atoms with van der Waals surface area (Å²) in [5, 5.41) is 1.18. The van der Waals surface area contributed by atoms with Gasteiger partial charge in [-0.15, -0.1) is 0 Å². The van der Waals surface area contributed by atoms with E-state index in [1.165, 1.54) is 18.1 Å². The van der Waals surface area contributed by atoms with Crippen molar-refractivity contribution >= 4 is 38.5 Å². The van der Waals surface area contributed by atoms with Crippen LogP contribution in [0.2, 0.25) is 36.3 Å². The Morgan fingerprint density at radius 3 is 2.24 bits per heavy atom. The van der Waals surface area contributed by atoms with E-state index < -0.39 is 16.6 Å². The van der Waals surface area contributed by atoms with Crippen LogP contribution in [0.5, 0.6) is 0 Å². The molecule has 0 bridgehead atoms. The van der Waals surface area contributed by atoms with E-state index in [2.05, 4.69) is 132 Å². The lowest BCUT2D eigenvalue weighted by molar-refractivity contribution is -0.148. The maximum Gasteiger partial charge on any atom is 0.302 e. The maximum absolute atomic E-state index is 12.3. The van der Waals surface area contributed by atoms with Gasteiger partial charge in [0.15, 0.2) is 16.6 Å². The smallest absolute Gasteiger partial charge is 0.302 e. The predicted octanol–water partition coefficient (Wildman–Crippen LogP) is 10.8. The number of hydrogen-bond acceptors (Lipinski definition) is 5. The van der Waals surface area contributed by atoms with E-state index in [1.807, 2.05) is 0 Å². The number of methoxy groups -OCH3 is 1. The summed E-state index contributed by atoms with van der Waals surface area (Å²) in [7, 11) is -2.40. The van der Waals surface area contributed by atoms with Crippen molar-refractivity contribution in [3.63, 3.8) is 0 Å². The fourth-order valence-electron chi connectivity index (χ4n) is 5.61. The molecule has 1 unspecified atom stereocenters. The zero-order valence-corrected chi connectivity index (χ0v) is 34.7. The van der Waals surface area contributed by atoms with Crippen LogP contribution >= 0.6 is 15.9 Å². The molecule has 1 aromatic rings. The molecule has 0 amide bonds. The molecule has 8 heteroatoms. The molecule has 5 atom stereocenters. The first kappa shape index (κ1) is 41.1. The number of carbonyl (C=O) groups excluding carboxylic acids is 1. The SMILES string of the molecule is COCc1cccc(CC[C@@H](C=CC2[C@@H](CC=CCCCBr)[C@@H](OC(C)=O)C[C@H]2O[Si](C)(C)C(C)(C)C)O[Si](C)(C)C(C)(C)C)c1. The first-order valence-electron chi connectivity index (χ1n) is 17.3. The Balaban J connectivity index is 2.50. The molecule has 0 saturated heterocycles. The Labute approximate surface area is 292 Å². The van der Waals surface area contributed by atoms with E-state index in [1.54, 1.807) is 7.11 Å². The van der Waals surface area contributed by atoms with Crippen LogP contribution in [0.15, 0.2) is 48.6 Å². The number of ether oxygens (including phenoxy) is 2.